The normalized spacial score (nSPS) is 9.56. The third kappa shape index (κ3) is 2.98. The van der Waals surface area contributed by atoms with Crippen molar-refractivity contribution >= 4 is 40.7 Å². The third-order valence-corrected chi connectivity index (χ3v) is 2.90. The number of hydrogen-bond donors (Lipinski definition) is 2. The summed E-state index contributed by atoms with van der Waals surface area (Å²) >= 11 is 6.65. The number of hydrogen-bond acceptors (Lipinski definition) is 4. The maximum atomic E-state index is 11.2. The minimum atomic E-state index is -1.16. The summed E-state index contributed by atoms with van der Waals surface area (Å²) in [6, 6.07) is 0. The Bertz CT molecular complexity index is 429. The van der Waals surface area contributed by atoms with E-state index in [1.165, 1.54) is 11.5 Å². The fourth-order valence-electron chi connectivity index (χ4n) is 0.884. The molecule has 0 saturated heterocycles. The quantitative estimate of drug-likeness (QED) is 0.817. The highest BCUT2D eigenvalue weighted by Crippen LogP contribution is 2.32. The molecule has 1 aromatic rings. The van der Waals surface area contributed by atoms with Crippen LogP contribution < -0.4 is 5.32 Å². The van der Waals surface area contributed by atoms with Gasteiger partial charge in [-0.25, -0.2) is 9.59 Å². The van der Waals surface area contributed by atoms with Crippen molar-refractivity contribution in [1.82, 2.24) is 0 Å². The number of halogens is 1. The van der Waals surface area contributed by atoms with Crippen LogP contribution in [0.5, 0.6) is 0 Å². The van der Waals surface area contributed by atoms with E-state index in [1.807, 2.05) is 0 Å². The minimum Gasteiger partial charge on any atom is -0.477 e. The minimum absolute atomic E-state index is 0.0377. The first-order valence-corrected chi connectivity index (χ1v) is 5.37. The lowest BCUT2D eigenvalue weighted by Crippen LogP contribution is -2.15. The lowest BCUT2D eigenvalue weighted by Gasteiger charge is -2.05. The number of carbonyl (C=O) groups excluding carboxylic acids is 1. The first-order valence-electron chi connectivity index (χ1n) is 4.11. The van der Waals surface area contributed by atoms with E-state index in [-0.39, 0.29) is 22.2 Å². The van der Waals surface area contributed by atoms with Crippen molar-refractivity contribution in [1.29, 1.82) is 0 Å². The van der Waals surface area contributed by atoms with Crippen LogP contribution in [0.4, 0.5) is 10.5 Å². The molecule has 0 unspecified atom stereocenters. The topological polar surface area (TPSA) is 75.6 Å². The Morgan fingerprint density at radius 3 is 2.94 bits per heavy atom. The Labute approximate surface area is 100 Å². The second-order valence-corrected chi connectivity index (χ2v) is 3.89. The zero-order valence-electron chi connectivity index (χ0n) is 8.03. The smallest absolute Gasteiger partial charge is 0.412 e. The molecule has 0 saturated carbocycles. The van der Waals surface area contributed by atoms with E-state index in [0.717, 1.165) is 11.3 Å². The number of rotatable bonds is 4. The maximum absolute atomic E-state index is 11.2. The molecule has 86 valence electrons. The Morgan fingerprint density at radius 1 is 1.69 bits per heavy atom. The van der Waals surface area contributed by atoms with Crippen LogP contribution in [0.15, 0.2) is 18.0 Å². The summed E-state index contributed by atoms with van der Waals surface area (Å²) in [5.74, 6) is -1.16. The monoisotopic (exact) mass is 261 g/mol. The first-order chi connectivity index (χ1) is 7.56. The van der Waals surface area contributed by atoms with Gasteiger partial charge in [-0.1, -0.05) is 24.3 Å². The molecule has 16 heavy (non-hydrogen) atoms. The largest absolute Gasteiger partial charge is 0.477 e. The molecule has 0 atom stereocenters. The van der Waals surface area contributed by atoms with Crippen LogP contribution in [0, 0.1) is 0 Å². The van der Waals surface area contributed by atoms with Crippen LogP contribution in [0.3, 0.4) is 0 Å². The summed E-state index contributed by atoms with van der Waals surface area (Å²) in [4.78, 5) is 21.9. The van der Waals surface area contributed by atoms with Crippen LogP contribution >= 0.6 is 22.9 Å². The predicted octanol–water partition coefficient (Wildman–Crippen LogP) is 2.83. The van der Waals surface area contributed by atoms with Gasteiger partial charge in [-0.05, 0) is 0 Å². The lowest BCUT2D eigenvalue weighted by molar-refractivity contribution is 0.0703. The molecule has 0 spiro atoms. The van der Waals surface area contributed by atoms with Gasteiger partial charge in [-0.3, -0.25) is 5.32 Å². The predicted molar refractivity (Wildman–Crippen MR) is 61.5 cm³/mol. The summed E-state index contributed by atoms with van der Waals surface area (Å²) in [7, 11) is 0. The number of aromatic carboxylic acids is 1. The van der Waals surface area contributed by atoms with Crippen molar-refractivity contribution in [2.24, 2.45) is 0 Å². The fourth-order valence-corrected chi connectivity index (χ4v) is 1.93. The Kier molecular flexibility index (Phi) is 4.33. The molecule has 0 fully saturated rings. The second-order valence-electron chi connectivity index (χ2n) is 2.61. The zero-order chi connectivity index (χ0) is 12.1. The van der Waals surface area contributed by atoms with Gasteiger partial charge in [-0.15, -0.1) is 11.3 Å². The van der Waals surface area contributed by atoms with Crippen molar-refractivity contribution in [3.8, 4) is 0 Å². The van der Waals surface area contributed by atoms with Gasteiger partial charge in [0.25, 0.3) is 0 Å². The number of carbonyl (C=O) groups is 2. The van der Waals surface area contributed by atoms with Crippen LogP contribution in [-0.2, 0) is 4.74 Å². The molecule has 1 amide bonds. The summed E-state index contributed by atoms with van der Waals surface area (Å²) in [5, 5.41) is 12.7. The molecule has 1 heterocycles. The molecule has 0 bridgehead atoms. The van der Waals surface area contributed by atoms with Gasteiger partial charge < -0.3 is 9.84 Å². The van der Waals surface area contributed by atoms with Crippen molar-refractivity contribution < 1.29 is 19.4 Å². The molecule has 5 nitrogen and oxygen atoms in total. The van der Waals surface area contributed by atoms with Crippen LogP contribution in [0.2, 0.25) is 5.02 Å². The molecule has 0 radical (unpaired) electrons. The standard InChI is InChI=1S/C9H8ClNO4S/c1-2-3-15-9(14)11-6-5(10)4-16-7(6)8(12)13/h2,4H,1,3H2,(H,11,14)(H,12,13). The Morgan fingerprint density at radius 2 is 2.38 bits per heavy atom. The van der Waals surface area contributed by atoms with E-state index in [4.69, 9.17) is 16.7 Å². The van der Waals surface area contributed by atoms with Crippen molar-refractivity contribution in [3.63, 3.8) is 0 Å². The highest BCUT2D eigenvalue weighted by molar-refractivity contribution is 7.13. The highest BCUT2D eigenvalue weighted by atomic mass is 35.5. The summed E-state index contributed by atoms with van der Waals surface area (Å²) < 4.78 is 4.64. The number of carboxylic acid groups (broad SMARTS) is 1. The fraction of sp³-hybridized carbons (Fsp3) is 0.111. The third-order valence-electron chi connectivity index (χ3n) is 1.50. The van der Waals surface area contributed by atoms with Gasteiger partial charge in [-0.2, -0.15) is 0 Å². The molecular weight excluding hydrogens is 254 g/mol. The highest BCUT2D eigenvalue weighted by Gasteiger charge is 2.18. The Hall–Kier alpha value is -1.53. The van der Waals surface area contributed by atoms with Crippen LogP contribution in [0.1, 0.15) is 9.67 Å². The Balaban J connectivity index is 2.79. The zero-order valence-corrected chi connectivity index (χ0v) is 9.60. The lowest BCUT2D eigenvalue weighted by atomic mass is 10.4. The second kappa shape index (κ2) is 5.53. The average Bonchev–Trinajstić information content (AvgIpc) is 2.58. The van der Waals surface area contributed by atoms with Crippen molar-refractivity contribution in [2.75, 3.05) is 11.9 Å². The van der Waals surface area contributed by atoms with Crippen molar-refractivity contribution in [3.05, 3.63) is 27.9 Å². The molecule has 0 aromatic carbocycles. The number of anilines is 1. The number of thiophene rings is 1. The van der Waals surface area contributed by atoms with Gasteiger partial charge in [0.05, 0.1) is 10.7 Å². The molecule has 0 aliphatic carbocycles. The molecule has 1 rings (SSSR count). The number of nitrogens with one attached hydrogen (secondary N) is 1. The number of carboxylic acids is 1. The number of amides is 1. The molecule has 1 aromatic heterocycles. The summed E-state index contributed by atoms with van der Waals surface area (Å²) in [6.45, 7) is 3.41. The van der Waals surface area contributed by atoms with E-state index >= 15 is 0 Å². The first kappa shape index (κ1) is 12.5. The maximum Gasteiger partial charge on any atom is 0.412 e. The van der Waals surface area contributed by atoms with E-state index in [9.17, 15) is 9.59 Å². The molecule has 7 heteroatoms. The molecule has 0 aliphatic rings. The molecular formula is C9H8ClNO4S. The van der Waals surface area contributed by atoms with Gasteiger partial charge in [0.2, 0.25) is 0 Å². The van der Waals surface area contributed by atoms with Gasteiger partial charge in [0, 0.05) is 5.38 Å². The number of ether oxygens (including phenoxy) is 1. The SMILES string of the molecule is C=CCOC(=O)Nc1c(Cl)csc1C(=O)O. The average molecular weight is 262 g/mol. The molecule has 2 N–H and O–H groups in total. The van der Waals surface area contributed by atoms with Gasteiger partial charge in [0.15, 0.2) is 0 Å². The van der Waals surface area contributed by atoms with E-state index in [1.54, 1.807) is 0 Å². The van der Waals surface area contributed by atoms with Crippen LogP contribution in [0.25, 0.3) is 0 Å². The van der Waals surface area contributed by atoms with Gasteiger partial charge in [0.1, 0.15) is 11.5 Å². The van der Waals surface area contributed by atoms with E-state index in [0.29, 0.717) is 0 Å². The van der Waals surface area contributed by atoms with Crippen LogP contribution in [-0.4, -0.2) is 23.8 Å². The van der Waals surface area contributed by atoms with Gasteiger partial charge >= 0.3 is 12.1 Å². The van der Waals surface area contributed by atoms with Crippen molar-refractivity contribution in [2.45, 2.75) is 0 Å². The summed E-state index contributed by atoms with van der Waals surface area (Å²) in [5.41, 5.74) is 0.0493. The molecule has 0 aliphatic heterocycles. The van der Waals surface area contributed by atoms with E-state index < -0.39 is 12.1 Å². The van der Waals surface area contributed by atoms with E-state index in [2.05, 4.69) is 16.6 Å². The summed E-state index contributed by atoms with van der Waals surface area (Å²) in [6.07, 6.45) is 0.620.